The molecule has 1 aromatic carbocycles. The molecule has 0 saturated heterocycles. The molecule has 1 atom stereocenters. The van der Waals surface area contributed by atoms with E-state index in [-0.39, 0.29) is 11.8 Å². The Kier molecular flexibility index (Phi) is 2.92. The van der Waals surface area contributed by atoms with Crippen LogP contribution in [0.25, 0.3) is 11.3 Å². The zero-order valence-corrected chi connectivity index (χ0v) is 9.17. The highest BCUT2D eigenvalue weighted by Gasteiger charge is 2.06. The lowest BCUT2D eigenvalue weighted by molar-refractivity contribution is 0.475. The first-order valence-corrected chi connectivity index (χ1v) is 5.23. The highest BCUT2D eigenvalue weighted by molar-refractivity contribution is 5.60. The van der Waals surface area contributed by atoms with Crippen LogP contribution in [0.15, 0.2) is 36.5 Å². The Morgan fingerprint density at radius 2 is 2.00 bits per heavy atom. The molecular formula is C12H15N3O. The van der Waals surface area contributed by atoms with Crippen molar-refractivity contribution in [2.75, 3.05) is 0 Å². The Morgan fingerprint density at radius 3 is 2.62 bits per heavy atom. The quantitative estimate of drug-likeness (QED) is 0.820. The lowest BCUT2D eigenvalue weighted by Gasteiger charge is -2.10. The predicted molar refractivity (Wildman–Crippen MR) is 63.0 cm³/mol. The summed E-state index contributed by atoms with van der Waals surface area (Å²) in [4.78, 5) is 0. The summed E-state index contributed by atoms with van der Waals surface area (Å²) in [5.74, 6) is 0.266. The monoisotopic (exact) mass is 217 g/mol. The van der Waals surface area contributed by atoms with E-state index in [1.165, 1.54) is 0 Å². The van der Waals surface area contributed by atoms with Crippen molar-refractivity contribution >= 4 is 0 Å². The maximum absolute atomic E-state index is 9.23. The number of phenols is 1. The van der Waals surface area contributed by atoms with E-state index in [9.17, 15) is 5.11 Å². The minimum atomic E-state index is 0.0655. The van der Waals surface area contributed by atoms with Crippen molar-refractivity contribution in [2.24, 2.45) is 5.73 Å². The Morgan fingerprint density at radius 1 is 1.31 bits per heavy atom. The molecule has 0 aliphatic carbocycles. The molecule has 0 spiro atoms. The lowest BCUT2D eigenvalue weighted by atomic mass is 10.1. The molecule has 0 aliphatic heterocycles. The summed E-state index contributed by atoms with van der Waals surface area (Å²) in [5.41, 5.74) is 7.79. The molecule has 1 heterocycles. The number of benzene rings is 1. The summed E-state index contributed by atoms with van der Waals surface area (Å²) >= 11 is 0. The molecule has 2 aromatic rings. The van der Waals surface area contributed by atoms with Crippen LogP contribution in [0.2, 0.25) is 0 Å². The van der Waals surface area contributed by atoms with Crippen molar-refractivity contribution in [3.63, 3.8) is 0 Å². The highest BCUT2D eigenvalue weighted by Crippen LogP contribution is 2.21. The molecule has 4 heteroatoms. The normalized spacial score (nSPS) is 12.6. The number of phenolic OH excluding ortho intramolecular Hbond substituents is 1. The lowest BCUT2D eigenvalue weighted by Crippen LogP contribution is -2.23. The number of aromatic nitrogens is 2. The summed E-state index contributed by atoms with van der Waals surface area (Å²) < 4.78 is 1.87. The molecule has 16 heavy (non-hydrogen) atoms. The molecule has 4 nitrogen and oxygen atoms in total. The van der Waals surface area contributed by atoms with Crippen LogP contribution >= 0.6 is 0 Å². The third kappa shape index (κ3) is 2.23. The Hall–Kier alpha value is -1.81. The van der Waals surface area contributed by atoms with E-state index in [1.807, 2.05) is 29.8 Å². The van der Waals surface area contributed by atoms with Gasteiger partial charge in [0.05, 0.1) is 12.2 Å². The summed E-state index contributed by atoms with van der Waals surface area (Å²) in [6.45, 7) is 2.63. The molecule has 2 rings (SSSR count). The average molecular weight is 217 g/mol. The van der Waals surface area contributed by atoms with E-state index in [0.717, 1.165) is 11.3 Å². The first-order chi connectivity index (χ1) is 7.66. The Balaban J connectivity index is 2.33. The Bertz CT molecular complexity index is 459. The first kappa shape index (κ1) is 10.7. The van der Waals surface area contributed by atoms with Crippen LogP contribution in [0.1, 0.15) is 6.92 Å². The topological polar surface area (TPSA) is 64.1 Å². The van der Waals surface area contributed by atoms with Gasteiger partial charge in [-0.15, -0.1) is 0 Å². The zero-order valence-electron chi connectivity index (χ0n) is 9.17. The van der Waals surface area contributed by atoms with Crippen molar-refractivity contribution in [1.29, 1.82) is 0 Å². The first-order valence-electron chi connectivity index (χ1n) is 5.23. The van der Waals surface area contributed by atoms with E-state index in [0.29, 0.717) is 6.54 Å². The van der Waals surface area contributed by atoms with Crippen LogP contribution in [0.5, 0.6) is 5.75 Å². The number of aromatic hydroxyl groups is 1. The molecule has 0 amide bonds. The maximum atomic E-state index is 9.23. The summed E-state index contributed by atoms with van der Waals surface area (Å²) in [7, 11) is 0. The third-order valence-corrected chi connectivity index (χ3v) is 2.34. The van der Waals surface area contributed by atoms with Crippen LogP contribution < -0.4 is 5.73 Å². The highest BCUT2D eigenvalue weighted by atomic mass is 16.3. The van der Waals surface area contributed by atoms with E-state index >= 15 is 0 Å². The van der Waals surface area contributed by atoms with Gasteiger partial charge in [-0.05, 0) is 37.3 Å². The van der Waals surface area contributed by atoms with E-state index in [2.05, 4.69) is 5.10 Å². The molecule has 1 unspecified atom stereocenters. The van der Waals surface area contributed by atoms with Gasteiger partial charge >= 0.3 is 0 Å². The fourth-order valence-corrected chi connectivity index (χ4v) is 1.63. The van der Waals surface area contributed by atoms with Gasteiger partial charge in [-0.25, -0.2) is 0 Å². The summed E-state index contributed by atoms with van der Waals surface area (Å²) in [5, 5.41) is 13.5. The molecule has 0 aliphatic rings. The van der Waals surface area contributed by atoms with Gasteiger partial charge in [-0.2, -0.15) is 5.10 Å². The molecule has 0 bridgehead atoms. The van der Waals surface area contributed by atoms with Crippen molar-refractivity contribution in [3.05, 3.63) is 36.5 Å². The minimum Gasteiger partial charge on any atom is -0.508 e. The van der Waals surface area contributed by atoms with E-state index < -0.39 is 0 Å². The van der Waals surface area contributed by atoms with Crippen LogP contribution in [0.3, 0.4) is 0 Å². The van der Waals surface area contributed by atoms with E-state index in [1.54, 1.807) is 18.3 Å². The van der Waals surface area contributed by atoms with Gasteiger partial charge in [-0.3, -0.25) is 4.68 Å². The largest absolute Gasteiger partial charge is 0.508 e. The average Bonchev–Trinajstić information content (AvgIpc) is 2.66. The summed E-state index contributed by atoms with van der Waals surface area (Å²) in [6.07, 6.45) is 1.75. The zero-order chi connectivity index (χ0) is 11.5. The smallest absolute Gasteiger partial charge is 0.115 e. The summed E-state index contributed by atoms with van der Waals surface area (Å²) in [6, 6.07) is 9.07. The van der Waals surface area contributed by atoms with Gasteiger partial charge in [0.15, 0.2) is 0 Å². The molecule has 0 radical (unpaired) electrons. The van der Waals surface area contributed by atoms with Crippen molar-refractivity contribution in [2.45, 2.75) is 19.5 Å². The minimum absolute atomic E-state index is 0.0655. The van der Waals surface area contributed by atoms with Gasteiger partial charge in [0, 0.05) is 17.8 Å². The standard InChI is InChI=1S/C12H15N3O/c1-9(13)8-15-12(6-7-14-15)10-2-4-11(16)5-3-10/h2-7,9,16H,8,13H2,1H3. The number of nitrogens with zero attached hydrogens (tertiary/aromatic N) is 2. The molecule has 3 N–H and O–H groups in total. The van der Waals surface area contributed by atoms with Gasteiger partial charge in [-0.1, -0.05) is 0 Å². The molecular weight excluding hydrogens is 202 g/mol. The second-order valence-corrected chi connectivity index (χ2v) is 3.92. The van der Waals surface area contributed by atoms with Crippen LogP contribution in [-0.4, -0.2) is 20.9 Å². The fourth-order valence-electron chi connectivity index (χ4n) is 1.63. The van der Waals surface area contributed by atoms with Crippen LogP contribution in [0, 0.1) is 0 Å². The number of hydrogen-bond donors (Lipinski definition) is 2. The van der Waals surface area contributed by atoms with Crippen molar-refractivity contribution < 1.29 is 5.11 Å². The molecule has 0 saturated carbocycles. The number of nitrogens with two attached hydrogens (primary N) is 1. The van der Waals surface area contributed by atoms with Crippen molar-refractivity contribution in [1.82, 2.24) is 9.78 Å². The van der Waals surface area contributed by atoms with Gasteiger partial charge < -0.3 is 10.8 Å². The second kappa shape index (κ2) is 4.37. The van der Waals surface area contributed by atoms with E-state index in [4.69, 9.17) is 5.73 Å². The number of hydrogen-bond acceptors (Lipinski definition) is 3. The molecule has 1 aromatic heterocycles. The van der Waals surface area contributed by atoms with Crippen LogP contribution in [-0.2, 0) is 6.54 Å². The van der Waals surface area contributed by atoms with Crippen molar-refractivity contribution in [3.8, 4) is 17.0 Å². The van der Waals surface area contributed by atoms with Gasteiger partial charge in [0.25, 0.3) is 0 Å². The van der Waals surface area contributed by atoms with Gasteiger partial charge in [0.1, 0.15) is 5.75 Å². The fraction of sp³-hybridized carbons (Fsp3) is 0.250. The second-order valence-electron chi connectivity index (χ2n) is 3.92. The maximum Gasteiger partial charge on any atom is 0.115 e. The Labute approximate surface area is 94.3 Å². The van der Waals surface area contributed by atoms with Crippen LogP contribution in [0.4, 0.5) is 0 Å². The molecule has 84 valence electrons. The molecule has 0 fully saturated rings. The SMILES string of the molecule is CC(N)Cn1nccc1-c1ccc(O)cc1. The number of rotatable bonds is 3. The van der Waals surface area contributed by atoms with Gasteiger partial charge in [0.2, 0.25) is 0 Å². The predicted octanol–water partition coefficient (Wildman–Crippen LogP) is 1.60. The third-order valence-electron chi connectivity index (χ3n) is 2.34.